The van der Waals surface area contributed by atoms with Gasteiger partial charge in [-0.15, -0.1) is 11.3 Å². The van der Waals surface area contributed by atoms with Crippen molar-refractivity contribution >= 4 is 39.8 Å². The second kappa shape index (κ2) is 6.52. The van der Waals surface area contributed by atoms with Gasteiger partial charge in [-0.05, 0) is 32.2 Å². The van der Waals surface area contributed by atoms with Crippen molar-refractivity contribution in [3.8, 4) is 0 Å². The van der Waals surface area contributed by atoms with Gasteiger partial charge in [-0.1, -0.05) is 17.4 Å². The Bertz CT molecular complexity index is 747. The molecule has 0 spiro atoms. The molecule has 0 saturated carbocycles. The van der Waals surface area contributed by atoms with E-state index in [4.69, 9.17) is 4.74 Å². The molecule has 0 bridgehead atoms. The van der Waals surface area contributed by atoms with Crippen LogP contribution in [0.4, 0.5) is 9.93 Å². The average Bonchev–Trinajstić information content (AvgIpc) is 3.13. The highest BCUT2D eigenvalue weighted by Crippen LogP contribution is 2.29. The van der Waals surface area contributed by atoms with Crippen molar-refractivity contribution < 1.29 is 14.3 Å². The lowest BCUT2D eigenvalue weighted by atomic mass is 10.2. The number of carbonyl (C=O) groups is 2. The highest BCUT2D eigenvalue weighted by molar-refractivity contribution is 7.16. The van der Waals surface area contributed by atoms with Gasteiger partial charge in [0.2, 0.25) is 0 Å². The SMILES string of the molecule is CC(C)(C)OC(=O)N1CCc2nc(NC(=O)c3cccs3)sc2C1. The van der Waals surface area contributed by atoms with Crippen molar-refractivity contribution in [2.45, 2.75) is 39.3 Å². The van der Waals surface area contributed by atoms with Crippen LogP contribution in [0.25, 0.3) is 0 Å². The zero-order valence-electron chi connectivity index (χ0n) is 13.8. The van der Waals surface area contributed by atoms with E-state index in [0.29, 0.717) is 29.5 Å². The number of rotatable bonds is 2. The summed E-state index contributed by atoms with van der Waals surface area (Å²) in [4.78, 5) is 32.1. The van der Waals surface area contributed by atoms with Gasteiger partial charge in [-0.2, -0.15) is 0 Å². The molecule has 2 aromatic heterocycles. The van der Waals surface area contributed by atoms with Crippen LogP contribution in [0, 0.1) is 0 Å². The lowest BCUT2D eigenvalue weighted by molar-refractivity contribution is 0.0225. The fraction of sp³-hybridized carbons (Fsp3) is 0.438. The minimum absolute atomic E-state index is 0.153. The normalized spacial score (nSPS) is 14.2. The van der Waals surface area contributed by atoms with Crippen LogP contribution < -0.4 is 5.32 Å². The molecule has 6 nitrogen and oxygen atoms in total. The molecule has 3 heterocycles. The molecule has 0 aromatic carbocycles. The largest absolute Gasteiger partial charge is 0.444 e. The predicted octanol–water partition coefficient (Wildman–Crippen LogP) is 3.75. The number of nitrogens with zero attached hydrogens (tertiary/aromatic N) is 2. The second-order valence-corrected chi connectivity index (χ2v) is 8.50. The molecular weight excluding hydrogens is 346 g/mol. The third kappa shape index (κ3) is 3.93. The van der Waals surface area contributed by atoms with E-state index >= 15 is 0 Å². The topological polar surface area (TPSA) is 71.5 Å². The molecule has 8 heteroatoms. The van der Waals surface area contributed by atoms with E-state index in [1.165, 1.54) is 22.7 Å². The van der Waals surface area contributed by atoms with Crippen LogP contribution in [0.5, 0.6) is 0 Å². The molecule has 0 saturated heterocycles. The zero-order chi connectivity index (χ0) is 17.3. The van der Waals surface area contributed by atoms with E-state index in [2.05, 4.69) is 10.3 Å². The van der Waals surface area contributed by atoms with Gasteiger partial charge in [0.1, 0.15) is 5.60 Å². The lowest BCUT2D eigenvalue weighted by Crippen LogP contribution is -2.39. The van der Waals surface area contributed by atoms with Gasteiger partial charge in [-0.3, -0.25) is 10.1 Å². The summed E-state index contributed by atoms with van der Waals surface area (Å²) in [6, 6.07) is 3.61. The molecular formula is C16H19N3O3S2. The summed E-state index contributed by atoms with van der Waals surface area (Å²) in [6.45, 7) is 6.60. The van der Waals surface area contributed by atoms with Crippen LogP contribution >= 0.6 is 22.7 Å². The van der Waals surface area contributed by atoms with Gasteiger partial charge in [0, 0.05) is 17.8 Å². The summed E-state index contributed by atoms with van der Waals surface area (Å²) in [6.07, 6.45) is 0.352. The Kier molecular flexibility index (Phi) is 4.60. The number of thiophene rings is 1. The Morgan fingerprint density at radius 2 is 2.17 bits per heavy atom. The van der Waals surface area contributed by atoms with Crippen LogP contribution in [-0.4, -0.2) is 34.0 Å². The van der Waals surface area contributed by atoms with Crippen LogP contribution in [-0.2, 0) is 17.7 Å². The quantitative estimate of drug-likeness (QED) is 0.880. The van der Waals surface area contributed by atoms with Crippen molar-refractivity contribution in [3.63, 3.8) is 0 Å². The summed E-state index contributed by atoms with van der Waals surface area (Å²) < 4.78 is 5.42. The maximum absolute atomic E-state index is 12.2. The van der Waals surface area contributed by atoms with Crippen LogP contribution in [0.1, 0.15) is 41.0 Å². The van der Waals surface area contributed by atoms with Crippen molar-refractivity contribution in [1.29, 1.82) is 0 Å². The van der Waals surface area contributed by atoms with E-state index in [1.54, 1.807) is 11.0 Å². The number of anilines is 1. The molecule has 24 heavy (non-hydrogen) atoms. The number of aromatic nitrogens is 1. The molecule has 0 fully saturated rings. The zero-order valence-corrected chi connectivity index (χ0v) is 15.4. The summed E-state index contributed by atoms with van der Waals surface area (Å²) >= 11 is 2.80. The van der Waals surface area contributed by atoms with Crippen LogP contribution in [0.3, 0.4) is 0 Å². The lowest BCUT2D eigenvalue weighted by Gasteiger charge is -2.29. The van der Waals surface area contributed by atoms with Crippen molar-refractivity contribution in [1.82, 2.24) is 9.88 Å². The van der Waals surface area contributed by atoms with E-state index in [0.717, 1.165) is 10.6 Å². The average molecular weight is 365 g/mol. The molecule has 1 N–H and O–H groups in total. The van der Waals surface area contributed by atoms with Gasteiger partial charge in [-0.25, -0.2) is 9.78 Å². The Morgan fingerprint density at radius 3 is 2.83 bits per heavy atom. The minimum Gasteiger partial charge on any atom is -0.444 e. The van der Waals surface area contributed by atoms with E-state index in [1.807, 2.05) is 32.2 Å². The monoisotopic (exact) mass is 365 g/mol. The smallest absolute Gasteiger partial charge is 0.410 e. The fourth-order valence-electron chi connectivity index (χ4n) is 2.30. The summed E-state index contributed by atoms with van der Waals surface area (Å²) in [5, 5.41) is 5.26. The number of hydrogen-bond acceptors (Lipinski definition) is 6. The molecule has 128 valence electrons. The van der Waals surface area contributed by atoms with Crippen molar-refractivity contribution in [2.75, 3.05) is 11.9 Å². The molecule has 1 aliphatic heterocycles. The van der Waals surface area contributed by atoms with E-state index in [-0.39, 0.29) is 12.0 Å². The minimum atomic E-state index is -0.509. The summed E-state index contributed by atoms with van der Waals surface area (Å²) in [5.74, 6) is -0.153. The molecule has 0 unspecified atom stereocenters. The van der Waals surface area contributed by atoms with Crippen LogP contribution in [0.15, 0.2) is 17.5 Å². The Labute approximate surface area is 148 Å². The Balaban J connectivity index is 1.66. The molecule has 0 radical (unpaired) electrons. The summed E-state index contributed by atoms with van der Waals surface area (Å²) in [5.41, 5.74) is 0.437. The molecule has 1 aliphatic rings. The molecule has 0 aliphatic carbocycles. The van der Waals surface area contributed by atoms with E-state index in [9.17, 15) is 9.59 Å². The maximum atomic E-state index is 12.2. The maximum Gasteiger partial charge on any atom is 0.410 e. The van der Waals surface area contributed by atoms with Gasteiger partial charge < -0.3 is 9.64 Å². The van der Waals surface area contributed by atoms with Crippen molar-refractivity contribution in [3.05, 3.63) is 33.0 Å². The first kappa shape index (κ1) is 16.9. The first-order valence-electron chi connectivity index (χ1n) is 7.63. The number of hydrogen-bond donors (Lipinski definition) is 1. The number of carbonyl (C=O) groups excluding carboxylic acids is 2. The molecule has 3 rings (SSSR count). The second-order valence-electron chi connectivity index (χ2n) is 6.47. The van der Waals surface area contributed by atoms with Gasteiger partial charge in [0.25, 0.3) is 5.91 Å². The third-order valence-electron chi connectivity index (χ3n) is 3.35. The number of fused-ring (bicyclic) bond motifs is 1. The van der Waals surface area contributed by atoms with Crippen molar-refractivity contribution in [2.24, 2.45) is 0 Å². The Morgan fingerprint density at radius 1 is 1.38 bits per heavy atom. The highest BCUT2D eigenvalue weighted by atomic mass is 32.1. The number of amides is 2. The first-order chi connectivity index (χ1) is 11.3. The molecule has 2 amide bonds. The first-order valence-corrected chi connectivity index (χ1v) is 9.33. The van der Waals surface area contributed by atoms with Gasteiger partial charge in [0.05, 0.1) is 17.1 Å². The van der Waals surface area contributed by atoms with Crippen LogP contribution in [0.2, 0.25) is 0 Å². The third-order valence-corrected chi connectivity index (χ3v) is 5.21. The molecule has 0 atom stereocenters. The number of ether oxygens (including phenoxy) is 1. The molecule has 2 aromatic rings. The summed E-state index contributed by atoms with van der Waals surface area (Å²) in [7, 11) is 0. The van der Waals surface area contributed by atoms with Gasteiger partial charge in [0.15, 0.2) is 5.13 Å². The predicted molar refractivity (Wildman–Crippen MR) is 94.7 cm³/mol. The fourth-order valence-corrected chi connectivity index (χ4v) is 3.94. The number of thiazole rings is 1. The van der Waals surface area contributed by atoms with E-state index < -0.39 is 5.60 Å². The van der Waals surface area contributed by atoms with Gasteiger partial charge >= 0.3 is 6.09 Å². The number of nitrogens with one attached hydrogen (secondary N) is 1. The highest BCUT2D eigenvalue weighted by Gasteiger charge is 2.28. The Hall–Kier alpha value is -1.93. The standard InChI is InChI=1S/C16H19N3O3S2/c1-16(2,3)22-15(21)19-7-6-10-12(9-19)24-14(17-10)18-13(20)11-5-4-8-23-11/h4-5,8H,6-7,9H2,1-3H3,(H,17,18,20).